The SMILES string of the molecule is CC1=CCC(C2CCNCC2)CC1. The molecule has 1 N–H and O–H groups in total. The van der Waals surface area contributed by atoms with Crippen molar-refractivity contribution in [2.24, 2.45) is 11.8 Å². The van der Waals surface area contributed by atoms with Gasteiger partial charge in [-0.1, -0.05) is 11.6 Å². The highest BCUT2D eigenvalue weighted by molar-refractivity contribution is 5.03. The number of piperidine rings is 1. The van der Waals surface area contributed by atoms with E-state index in [-0.39, 0.29) is 0 Å². The molecule has 0 spiro atoms. The summed E-state index contributed by atoms with van der Waals surface area (Å²) in [6.07, 6.45) is 9.46. The molecular weight excluding hydrogens is 158 g/mol. The Morgan fingerprint density at radius 2 is 1.92 bits per heavy atom. The number of hydrogen-bond donors (Lipinski definition) is 1. The van der Waals surface area contributed by atoms with Crippen molar-refractivity contribution in [1.82, 2.24) is 5.32 Å². The lowest BCUT2D eigenvalue weighted by Gasteiger charge is -2.32. The molecule has 74 valence electrons. The Labute approximate surface area is 81.6 Å². The lowest BCUT2D eigenvalue weighted by Crippen LogP contribution is -2.32. The molecule has 1 fully saturated rings. The summed E-state index contributed by atoms with van der Waals surface area (Å²) in [6.45, 7) is 4.78. The third-order valence-electron chi connectivity index (χ3n) is 3.73. The molecule has 0 amide bonds. The van der Waals surface area contributed by atoms with Crippen molar-refractivity contribution in [1.29, 1.82) is 0 Å². The standard InChI is InChI=1S/C12H21N/c1-10-2-4-11(5-3-10)12-6-8-13-9-7-12/h2,11-13H,3-9H2,1H3. The fraction of sp³-hybridized carbons (Fsp3) is 0.833. The molecule has 0 saturated carbocycles. The molecule has 1 nitrogen and oxygen atoms in total. The van der Waals surface area contributed by atoms with E-state index in [4.69, 9.17) is 0 Å². The average Bonchev–Trinajstić information content (AvgIpc) is 2.20. The van der Waals surface area contributed by atoms with E-state index in [9.17, 15) is 0 Å². The molecule has 1 heterocycles. The Morgan fingerprint density at radius 1 is 1.15 bits per heavy atom. The minimum Gasteiger partial charge on any atom is -0.317 e. The first kappa shape index (κ1) is 9.26. The number of rotatable bonds is 1. The smallest absolute Gasteiger partial charge is 0.00462 e. The predicted molar refractivity (Wildman–Crippen MR) is 56.7 cm³/mol. The fourth-order valence-electron chi connectivity index (χ4n) is 2.73. The highest BCUT2D eigenvalue weighted by atomic mass is 14.9. The van der Waals surface area contributed by atoms with E-state index >= 15 is 0 Å². The van der Waals surface area contributed by atoms with E-state index in [0.29, 0.717) is 0 Å². The molecule has 1 saturated heterocycles. The zero-order valence-corrected chi connectivity index (χ0v) is 8.68. The van der Waals surface area contributed by atoms with Gasteiger partial charge >= 0.3 is 0 Å². The van der Waals surface area contributed by atoms with Crippen LogP contribution in [-0.4, -0.2) is 13.1 Å². The van der Waals surface area contributed by atoms with Crippen molar-refractivity contribution in [2.45, 2.75) is 39.0 Å². The predicted octanol–water partition coefficient (Wildman–Crippen LogP) is 2.73. The van der Waals surface area contributed by atoms with Gasteiger partial charge in [-0.15, -0.1) is 0 Å². The van der Waals surface area contributed by atoms with Gasteiger partial charge in [-0.05, 0) is 64.0 Å². The van der Waals surface area contributed by atoms with Crippen LogP contribution >= 0.6 is 0 Å². The quantitative estimate of drug-likeness (QED) is 0.610. The van der Waals surface area contributed by atoms with Gasteiger partial charge in [0.15, 0.2) is 0 Å². The Morgan fingerprint density at radius 3 is 2.54 bits per heavy atom. The zero-order valence-electron chi connectivity index (χ0n) is 8.68. The summed E-state index contributed by atoms with van der Waals surface area (Å²) in [7, 11) is 0. The highest BCUT2D eigenvalue weighted by Gasteiger charge is 2.24. The maximum absolute atomic E-state index is 3.45. The molecule has 1 aliphatic carbocycles. The first-order valence-corrected chi connectivity index (χ1v) is 5.72. The maximum atomic E-state index is 3.45. The van der Waals surface area contributed by atoms with Gasteiger partial charge < -0.3 is 5.32 Å². The van der Waals surface area contributed by atoms with Crippen molar-refractivity contribution < 1.29 is 0 Å². The molecule has 0 aromatic rings. The summed E-state index contributed by atoms with van der Waals surface area (Å²) < 4.78 is 0. The largest absolute Gasteiger partial charge is 0.317 e. The van der Waals surface area contributed by atoms with Crippen LogP contribution in [-0.2, 0) is 0 Å². The van der Waals surface area contributed by atoms with Gasteiger partial charge in [-0.3, -0.25) is 0 Å². The van der Waals surface area contributed by atoms with Crippen LogP contribution in [0.4, 0.5) is 0 Å². The first-order valence-electron chi connectivity index (χ1n) is 5.72. The summed E-state index contributed by atoms with van der Waals surface area (Å²) in [5.41, 5.74) is 1.62. The van der Waals surface area contributed by atoms with E-state index in [1.165, 1.54) is 45.2 Å². The second-order valence-corrected chi connectivity index (χ2v) is 4.67. The lowest BCUT2D eigenvalue weighted by atomic mass is 9.77. The summed E-state index contributed by atoms with van der Waals surface area (Å²) in [5, 5.41) is 3.45. The van der Waals surface area contributed by atoms with Gasteiger partial charge in [0.25, 0.3) is 0 Å². The third kappa shape index (κ3) is 2.34. The van der Waals surface area contributed by atoms with Crippen LogP contribution in [0.1, 0.15) is 39.0 Å². The summed E-state index contributed by atoms with van der Waals surface area (Å²) in [4.78, 5) is 0. The molecule has 1 atom stereocenters. The second kappa shape index (κ2) is 4.28. The van der Waals surface area contributed by atoms with Crippen LogP contribution < -0.4 is 5.32 Å². The van der Waals surface area contributed by atoms with E-state index in [1.54, 1.807) is 5.57 Å². The van der Waals surface area contributed by atoms with Crippen LogP contribution in [0.3, 0.4) is 0 Å². The van der Waals surface area contributed by atoms with Gasteiger partial charge in [-0.25, -0.2) is 0 Å². The molecule has 1 aliphatic heterocycles. The number of hydrogen-bond acceptors (Lipinski definition) is 1. The molecule has 0 bridgehead atoms. The van der Waals surface area contributed by atoms with Crippen molar-refractivity contribution in [3.8, 4) is 0 Å². The molecular formula is C12H21N. The number of nitrogens with one attached hydrogen (secondary N) is 1. The molecule has 2 aliphatic rings. The first-order chi connectivity index (χ1) is 6.36. The van der Waals surface area contributed by atoms with Crippen molar-refractivity contribution in [2.75, 3.05) is 13.1 Å². The Kier molecular flexibility index (Phi) is 3.05. The molecule has 1 heteroatoms. The Bertz CT molecular complexity index is 189. The van der Waals surface area contributed by atoms with E-state index in [0.717, 1.165) is 11.8 Å². The Balaban J connectivity index is 1.86. The zero-order chi connectivity index (χ0) is 9.10. The van der Waals surface area contributed by atoms with Crippen LogP contribution in [0.15, 0.2) is 11.6 Å². The van der Waals surface area contributed by atoms with Crippen molar-refractivity contribution in [3.05, 3.63) is 11.6 Å². The molecule has 2 rings (SSSR count). The van der Waals surface area contributed by atoms with Gasteiger partial charge in [0.05, 0.1) is 0 Å². The third-order valence-corrected chi connectivity index (χ3v) is 3.73. The van der Waals surface area contributed by atoms with Gasteiger partial charge in [-0.2, -0.15) is 0 Å². The van der Waals surface area contributed by atoms with Gasteiger partial charge in [0.2, 0.25) is 0 Å². The van der Waals surface area contributed by atoms with Crippen LogP contribution in [0.5, 0.6) is 0 Å². The van der Waals surface area contributed by atoms with Crippen molar-refractivity contribution in [3.63, 3.8) is 0 Å². The summed E-state index contributed by atoms with van der Waals surface area (Å²) in [5.74, 6) is 2.02. The van der Waals surface area contributed by atoms with Gasteiger partial charge in [0.1, 0.15) is 0 Å². The lowest BCUT2D eigenvalue weighted by molar-refractivity contribution is 0.242. The maximum Gasteiger partial charge on any atom is -0.00462 e. The monoisotopic (exact) mass is 179 g/mol. The molecule has 0 aromatic carbocycles. The van der Waals surface area contributed by atoms with Crippen LogP contribution in [0.25, 0.3) is 0 Å². The van der Waals surface area contributed by atoms with E-state index in [2.05, 4.69) is 18.3 Å². The Hall–Kier alpha value is -0.300. The minimum atomic E-state index is 1.01. The summed E-state index contributed by atoms with van der Waals surface area (Å²) >= 11 is 0. The van der Waals surface area contributed by atoms with Crippen LogP contribution in [0, 0.1) is 11.8 Å². The van der Waals surface area contributed by atoms with Gasteiger partial charge in [0, 0.05) is 0 Å². The number of allylic oxidation sites excluding steroid dienone is 2. The minimum absolute atomic E-state index is 1.01. The van der Waals surface area contributed by atoms with Crippen LogP contribution in [0.2, 0.25) is 0 Å². The fourth-order valence-corrected chi connectivity index (χ4v) is 2.73. The molecule has 0 radical (unpaired) electrons. The molecule has 1 unspecified atom stereocenters. The average molecular weight is 179 g/mol. The van der Waals surface area contributed by atoms with E-state index < -0.39 is 0 Å². The summed E-state index contributed by atoms with van der Waals surface area (Å²) in [6, 6.07) is 0. The molecule has 13 heavy (non-hydrogen) atoms. The highest BCUT2D eigenvalue weighted by Crippen LogP contribution is 2.33. The normalized spacial score (nSPS) is 31.5. The van der Waals surface area contributed by atoms with E-state index in [1.807, 2.05) is 0 Å². The topological polar surface area (TPSA) is 12.0 Å². The molecule has 0 aromatic heterocycles. The van der Waals surface area contributed by atoms with Crippen molar-refractivity contribution >= 4 is 0 Å². The second-order valence-electron chi connectivity index (χ2n) is 4.67.